The van der Waals surface area contributed by atoms with Crippen LogP contribution in [0.4, 0.5) is 0 Å². The van der Waals surface area contributed by atoms with Crippen LogP contribution in [0.1, 0.15) is 45.3 Å². The highest BCUT2D eigenvalue weighted by atomic mass is 35.5. The molecule has 0 radical (unpaired) electrons. The van der Waals surface area contributed by atoms with Gasteiger partial charge >= 0.3 is 0 Å². The second-order valence-electron chi connectivity index (χ2n) is 5.91. The fourth-order valence-corrected chi connectivity index (χ4v) is 3.40. The summed E-state index contributed by atoms with van der Waals surface area (Å²) in [6, 6.07) is 5.93. The number of ether oxygens (including phenoxy) is 2. The smallest absolute Gasteiger partial charge is 0.144 e. The number of benzene rings is 1. The molecule has 2 nitrogen and oxygen atoms in total. The molecule has 2 heterocycles. The molecule has 2 aliphatic heterocycles. The minimum atomic E-state index is -0.219. The maximum absolute atomic E-state index is 6.26. The van der Waals surface area contributed by atoms with Gasteiger partial charge in [-0.1, -0.05) is 23.7 Å². The molecule has 2 aliphatic rings. The van der Waals surface area contributed by atoms with E-state index in [1.165, 1.54) is 0 Å². The van der Waals surface area contributed by atoms with E-state index in [9.17, 15) is 0 Å². The lowest BCUT2D eigenvalue weighted by Crippen LogP contribution is -2.48. The third kappa shape index (κ3) is 1.83. The Hall–Kier alpha value is -0.730. The lowest BCUT2D eigenvalue weighted by molar-refractivity contribution is -0.144. The molecule has 3 heteroatoms. The van der Waals surface area contributed by atoms with Gasteiger partial charge in [0.2, 0.25) is 0 Å². The summed E-state index contributed by atoms with van der Waals surface area (Å²) >= 11 is 6.26. The van der Waals surface area contributed by atoms with Crippen molar-refractivity contribution in [2.24, 2.45) is 5.92 Å². The third-order valence-electron chi connectivity index (χ3n) is 4.19. The Balaban J connectivity index is 2.09. The predicted molar refractivity (Wildman–Crippen MR) is 72.2 cm³/mol. The highest BCUT2D eigenvalue weighted by Crippen LogP contribution is 2.52. The largest absolute Gasteiger partial charge is 0.486 e. The number of para-hydroxylation sites is 1. The molecular formula is C15H19ClO2. The van der Waals surface area contributed by atoms with Gasteiger partial charge in [-0.15, -0.1) is 0 Å². The van der Waals surface area contributed by atoms with Crippen LogP contribution in [0, 0.1) is 5.92 Å². The molecule has 0 amide bonds. The van der Waals surface area contributed by atoms with Crippen molar-refractivity contribution in [3.63, 3.8) is 0 Å². The van der Waals surface area contributed by atoms with Crippen LogP contribution in [0.3, 0.4) is 0 Å². The Morgan fingerprint density at radius 3 is 2.83 bits per heavy atom. The Morgan fingerprint density at radius 2 is 2.06 bits per heavy atom. The van der Waals surface area contributed by atoms with Crippen LogP contribution in [-0.2, 0) is 4.74 Å². The van der Waals surface area contributed by atoms with E-state index in [1.54, 1.807) is 0 Å². The van der Waals surface area contributed by atoms with E-state index in [0.29, 0.717) is 17.0 Å². The van der Waals surface area contributed by atoms with E-state index in [0.717, 1.165) is 24.2 Å². The second-order valence-corrected chi connectivity index (χ2v) is 6.32. The van der Waals surface area contributed by atoms with Gasteiger partial charge in [-0.25, -0.2) is 0 Å². The molecular weight excluding hydrogens is 248 g/mol. The second kappa shape index (κ2) is 4.14. The molecule has 0 spiro atoms. The number of hydrogen-bond acceptors (Lipinski definition) is 2. The van der Waals surface area contributed by atoms with Crippen LogP contribution in [0.5, 0.6) is 5.75 Å². The fraction of sp³-hybridized carbons (Fsp3) is 0.600. The van der Waals surface area contributed by atoms with Crippen LogP contribution >= 0.6 is 11.6 Å². The van der Waals surface area contributed by atoms with Gasteiger partial charge in [0.15, 0.2) is 0 Å². The van der Waals surface area contributed by atoms with Gasteiger partial charge in [-0.3, -0.25) is 0 Å². The lowest BCUT2D eigenvalue weighted by Gasteiger charge is -2.48. The molecule has 18 heavy (non-hydrogen) atoms. The molecule has 0 aliphatic carbocycles. The monoisotopic (exact) mass is 266 g/mol. The normalized spacial score (nSPS) is 33.2. The van der Waals surface area contributed by atoms with Gasteiger partial charge < -0.3 is 9.47 Å². The van der Waals surface area contributed by atoms with Crippen LogP contribution in [0.25, 0.3) is 0 Å². The Bertz CT molecular complexity index is 470. The SMILES string of the molecule is C[C@@H]1CC[C@@H]2[C@@H](O1)c1cccc(Cl)c1OC2(C)C. The van der Waals surface area contributed by atoms with Crippen molar-refractivity contribution >= 4 is 11.6 Å². The molecule has 0 bridgehead atoms. The van der Waals surface area contributed by atoms with Crippen LogP contribution < -0.4 is 4.74 Å². The van der Waals surface area contributed by atoms with E-state index < -0.39 is 0 Å². The quantitative estimate of drug-likeness (QED) is 0.694. The highest BCUT2D eigenvalue weighted by molar-refractivity contribution is 6.32. The van der Waals surface area contributed by atoms with E-state index in [1.807, 2.05) is 12.1 Å². The Kier molecular flexibility index (Phi) is 2.83. The summed E-state index contributed by atoms with van der Waals surface area (Å²) < 4.78 is 12.3. The van der Waals surface area contributed by atoms with Gasteiger partial charge in [-0.05, 0) is 39.7 Å². The van der Waals surface area contributed by atoms with Crippen LogP contribution in [0.15, 0.2) is 18.2 Å². The fourth-order valence-electron chi connectivity index (χ4n) is 3.18. The number of rotatable bonds is 0. The van der Waals surface area contributed by atoms with Crippen molar-refractivity contribution in [3.8, 4) is 5.75 Å². The van der Waals surface area contributed by atoms with Crippen LogP contribution in [-0.4, -0.2) is 11.7 Å². The summed E-state index contributed by atoms with van der Waals surface area (Å²) in [6.45, 7) is 6.41. The molecule has 0 unspecified atom stereocenters. The molecule has 98 valence electrons. The zero-order valence-electron chi connectivity index (χ0n) is 11.1. The van der Waals surface area contributed by atoms with Crippen molar-refractivity contribution in [1.29, 1.82) is 0 Å². The zero-order chi connectivity index (χ0) is 12.9. The first-order valence-electron chi connectivity index (χ1n) is 6.62. The average molecular weight is 267 g/mol. The first-order valence-corrected chi connectivity index (χ1v) is 7.00. The van der Waals surface area contributed by atoms with E-state index >= 15 is 0 Å². The minimum Gasteiger partial charge on any atom is -0.486 e. The predicted octanol–water partition coefficient (Wildman–Crippen LogP) is 4.37. The van der Waals surface area contributed by atoms with E-state index in [2.05, 4.69) is 26.8 Å². The standard InChI is InChI=1S/C15H19ClO2/c1-9-7-8-11-13(17-9)10-5-4-6-12(16)14(10)18-15(11,2)3/h4-6,9,11,13H,7-8H2,1-3H3/t9-,11-,13+/m1/s1. The van der Waals surface area contributed by atoms with Gasteiger partial charge in [0.1, 0.15) is 11.4 Å². The maximum Gasteiger partial charge on any atom is 0.144 e. The molecule has 1 fully saturated rings. The molecule has 0 N–H and O–H groups in total. The molecule has 3 rings (SSSR count). The zero-order valence-corrected chi connectivity index (χ0v) is 11.8. The van der Waals surface area contributed by atoms with Gasteiger partial charge in [0.05, 0.1) is 17.2 Å². The van der Waals surface area contributed by atoms with Crippen molar-refractivity contribution < 1.29 is 9.47 Å². The lowest BCUT2D eigenvalue weighted by atomic mass is 9.75. The number of hydrogen-bond donors (Lipinski definition) is 0. The maximum atomic E-state index is 6.26. The van der Waals surface area contributed by atoms with Crippen LogP contribution in [0.2, 0.25) is 5.02 Å². The summed E-state index contributed by atoms with van der Waals surface area (Å²) in [7, 11) is 0. The van der Waals surface area contributed by atoms with Gasteiger partial charge in [-0.2, -0.15) is 0 Å². The summed E-state index contributed by atoms with van der Waals surface area (Å²) in [6.07, 6.45) is 2.67. The third-order valence-corrected chi connectivity index (χ3v) is 4.49. The van der Waals surface area contributed by atoms with Gasteiger partial charge in [0.25, 0.3) is 0 Å². The summed E-state index contributed by atoms with van der Waals surface area (Å²) in [4.78, 5) is 0. The van der Waals surface area contributed by atoms with E-state index in [-0.39, 0.29) is 11.7 Å². The molecule has 1 aromatic carbocycles. The minimum absolute atomic E-state index is 0.117. The molecule has 3 atom stereocenters. The first kappa shape index (κ1) is 12.3. The van der Waals surface area contributed by atoms with E-state index in [4.69, 9.17) is 21.1 Å². The topological polar surface area (TPSA) is 18.5 Å². The molecule has 0 aromatic heterocycles. The number of fused-ring (bicyclic) bond motifs is 3. The Morgan fingerprint density at radius 1 is 1.28 bits per heavy atom. The van der Waals surface area contributed by atoms with Crippen molar-refractivity contribution in [2.75, 3.05) is 0 Å². The number of halogens is 1. The first-order chi connectivity index (χ1) is 8.49. The summed E-state index contributed by atoms with van der Waals surface area (Å²) in [5.41, 5.74) is 0.890. The summed E-state index contributed by atoms with van der Waals surface area (Å²) in [5.74, 6) is 1.21. The van der Waals surface area contributed by atoms with Crippen molar-refractivity contribution in [3.05, 3.63) is 28.8 Å². The molecule has 0 saturated carbocycles. The molecule has 1 aromatic rings. The Labute approximate surface area is 113 Å². The summed E-state index contributed by atoms with van der Waals surface area (Å²) in [5, 5.41) is 0.681. The molecule has 1 saturated heterocycles. The average Bonchev–Trinajstić information content (AvgIpc) is 2.30. The van der Waals surface area contributed by atoms with Gasteiger partial charge in [0, 0.05) is 11.5 Å². The van der Waals surface area contributed by atoms with Crippen molar-refractivity contribution in [2.45, 2.75) is 51.4 Å². The highest BCUT2D eigenvalue weighted by Gasteiger charge is 2.47. The van der Waals surface area contributed by atoms with Crippen molar-refractivity contribution in [1.82, 2.24) is 0 Å².